The fourth-order valence-corrected chi connectivity index (χ4v) is 1.70. The van der Waals surface area contributed by atoms with Crippen molar-refractivity contribution in [2.24, 2.45) is 0 Å². The highest BCUT2D eigenvalue weighted by molar-refractivity contribution is 6.31. The molecule has 2 amide bonds. The van der Waals surface area contributed by atoms with Gasteiger partial charge < -0.3 is 15.7 Å². The van der Waals surface area contributed by atoms with Crippen molar-refractivity contribution in [1.82, 2.24) is 10.6 Å². The molecule has 5 nitrogen and oxygen atoms in total. The minimum atomic E-state index is -1.18. The van der Waals surface area contributed by atoms with Crippen LogP contribution in [0.4, 0.5) is 4.79 Å². The summed E-state index contributed by atoms with van der Waals surface area (Å²) in [4.78, 5) is 22.8. The van der Waals surface area contributed by atoms with Crippen LogP contribution in [-0.2, 0) is 4.79 Å². The minimum Gasteiger partial charge on any atom is -0.479 e. The third-order valence-corrected chi connectivity index (χ3v) is 2.72. The molecule has 19 heavy (non-hydrogen) atoms. The Labute approximate surface area is 116 Å². The molecule has 0 saturated heterocycles. The Morgan fingerprint density at radius 1 is 1.42 bits per heavy atom. The van der Waals surface area contributed by atoms with E-state index in [9.17, 15) is 9.59 Å². The van der Waals surface area contributed by atoms with Gasteiger partial charge in [0.05, 0.1) is 0 Å². The molecule has 0 spiro atoms. The highest BCUT2D eigenvalue weighted by Crippen LogP contribution is 2.22. The summed E-state index contributed by atoms with van der Waals surface area (Å²) in [6.07, 6.45) is 2.26. The van der Waals surface area contributed by atoms with Crippen molar-refractivity contribution >= 4 is 23.6 Å². The largest absolute Gasteiger partial charge is 0.479 e. The normalized spacial score (nSPS) is 11.4. The summed E-state index contributed by atoms with van der Waals surface area (Å²) in [6.45, 7) is 3.92. The van der Waals surface area contributed by atoms with Crippen LogP contribution in [0.2, 0.25) is 5.02 Å². The fraction of sp³-hybridized carbons (Fsp3) is 0.231. The van der Waals surface area contributed by atoms with Crippen LogP contribution in [0, 0.1) is 0 Å². The molecule has 0 aliphatic heterocycles. The Hall–Kier alpha value is -2.01. The van der Waals surface area contributed by atoms with E-state index in [-0.39, 0.29) is 0 Å². The molecule has 1 aromatic rings. The molecule has 0 saturated carbocycles. The topological polar surface area (TPSA) is 78.4 Å². The summed E-state index contributed by atoms with van der Waals surface area (Å²) < 4.78 is 0. The van der Waals surface area contributed by atoms with Gasteiger partial charge in [0, 0.05) is 17.1 Å². The maximum atomic E-state index is 11.6. The number of urea groups is 1. The third kappa shape index (κ3) is 4.63. The molecule has 0 aliphatic carbocycles. The van der Waals surface area contributed by atoms with Crippen LogP contribution in [0.15, 0.2) is 36.9 Å². The van der Waals surface area contributed by atoms with Crippen molar-refractivity contribution < 1.29 is 14.7 Å². The molecular weight excluding hydrogens is 268 g/mol. The van der Waals surface area contributed by atoms with E-state index in [2.05, 4.69) is 17.2 Å². The molecule has 1 rings (SSSR count). The number of amides is 2. The quantitative estimate of drug-likeness (QED) is 0.553. The lowest BCUT2D eigenvalue weighted by atomic mass is 10.1. The van der Waals surface area contributed by atoms with Gasteiger partial charge >= 0.3 is 12.0 Å². The van der Waals surface area contributed by atoms with E-state index >= 15 is 0 Å². The van der Waals surface area contributed by atoms with Gasteiger partial charge in [-0.25, -0.2) is 9.59 Å². The van der Waals surface area contributed by atoms with Crippen LogP contribution in [0.1, 0.15) is 18.0 Å². The zero-order valence-corrected chi connectivity index (χ0v) is 11.0. The predicted molar refractivity (Wildman–Crippen MR) is 73.2 cm³/mol. The highest BCUT2D eigenvalue weighted by atomic mass is 35.5. The number of carbonyl (C=O) groups is 2. The molecule has 0 bridgehead atoms. The summed E-state index contributed by atoms with van der Waals surface area (Å²) in [5.41, 5.74) is 0.343. The maximum absolute atomic E-state index is 11.6. The number of halogens is 1. The van der Waals surface area contributed by atoms with Crippen LogP contribution in [0.3, 0.4) is 0 Å². The van der Waals surface area contributed by atoms with Gasteiger partial charge in [0.2, 0.25) is 0 Å². The average molecular weight is 283 g/mol. The number of carboxylic acids is 1. The Morgan fingerprint density at radius 2 is 2.11 bits per heavy atom. The van der Waals surface area contributed by atoms with Crippen molar-refractivity contribution in [2.75, 3.05) is 6.54 Å². The Kier molecular flexibility index (Phi) is 5.89. The minimum absolute atomic E-state index is 0.293. The molecular formula is C13H15ClN2O3. The van der Waals surface area contributed by atoms with Crippen molar-refractivity contribution in [3.63, 3.8) is 0 Å². The van der Waals surface area contributed by atoms with E-state index < -0.39 is 18.0 Å². The van der Waals surface area contributed by atoms with Gasteiger partial charge in [0.1, 0.15) is 0 Å². The lowest BCUT2D eigenvalue weighted by Gasteiger charge is -2.16. The number of carbonyl (C=O) groups excluding carboxylic acids is 1. The molecule has 3 N–H and O–H groups in total. The summed E-state index contributed by atoms with van der Waals surface area (Å²) >= 11 is 5.92. The van der Waals surface area contributed by atoms with Crippen molar-refractivity contribution in [1.29, 1.82) is 0 Å². The van der Waals surface area contributed by atoms with E-state index in [1.165, 1.54) is 0 Å². The first kappa shape index (κ1) is 15.0. The van der Waals surface area contributed by atoms with Gasteiger partial charge in [0.25, 0.3) is 0 Å². The van der Waals surface area contributed by atoms with Gasteiger partial charge in [0.15, 0.2) is 6.04 Å². The standard InChI is InChI=1S/C13H15ClN2O3/c1-2-3-8-15-13(19)16-11(12(17)18)9-6-4-5-7-10(9)14/h2,4-7,11H,1,3,8H2,(H,17,18)(H2,15,16,19)/t11-/m1/s1. The third-order valence-electron chi connectivity index (χ3n) is 2.37. The molecule has 0 fully saturated rings. The van der Waals surface area contributed by atoms with Gasteiger partial charge in [-0.15, -0.1) is 6.58 Å². The molecule has 1 aromatic carbocycles. The van der Waals surface area contributed by atoms with E-state index in [1.54, 1.807) is 30.3 Å². The summed E-state index contributed by atoms with van der Waals surface area (Å²) in [5.74, 6) is -1.17. The van der Waals surface area contributed by atoms with Gasteiger partial charge in [-0.05, 0) is 12.5 Å². The molecule has 1 atom stereocenters. The fourth-order valence-electron chi connectivity index (χ4n) is 1.45. The summed E-state index contributed by atoms with van der Waals surface area (Å²) in [5, 5.41) is 14.3. The second kappa shape index (κ2) is 7.43. The smallest absolute Gasteiger partial charge is 0.331 e. The molecule has 0 unspecified atom stereocenters. The summed E-state index contributed by atoms with van der Waals surface area (Å²) in [6, 6.07) is 4.74. The number of nitrogens with one attached hydrogen (secondary N) is 2. The number of aliphatic carboxylic acids is 1. The van der Waals surface area contributed by atoms with Crippen molar-refractivity contribution in [2.45, 2.75) is 12.5 Å². The summed E-state index contributed by atoms with van der Waals surface area (Å²) in [7, 11) is 0. The number of carboxylic acid groups (broad SMARTS) is 1. The van der Waals surface area contributed by atoms with E-state index in [0.717, 1.165) is 0 Å². The second-order valence-corrected chi connectivity index (χ2v) is 4.18. The molecule has 102 valence electrons. The molecule has 0 radical (unpaired) electrons. The van der Waals surface area contributed by atoms with E-state index in [1.807, 2.05) is 0 Å². The number of benzene rings is 1. The number of hydrogen-bond acceptors (Lipinski definition) is 2. The highest BCUT2D eigenvalue weighted by Gasteiger charge is 2.23. The average Bonchev–Trinajstić information content (AvgIpc) is 2.37. The zero-order chi connectivity index (χ0) is 14.3. The predicted octanol–water partition coefficient (Wildman–Crippen LogP) is 2.34. The van der Waals surface area contributed by atoms with E-state index in [4.69, 9.17) is 16.7 Å². The van der Waals surface area contributed by atoms with E-state index in [0.29, 0.717) is 23.6 Å². The lowest BCUT2D eigenvalue weighted by molar-refractivity contribution is -0.139. The Bertz CT molecular complexity index is 477. The first-order valence-corrected chi connectivity index (χ1v) is 6.06. The van der Waals surface area contributed by atoms with Crippen LogP contribution >= 0.6 is 11.6 Å². The Balaban J connectivity index is 2.74. The SMILES string of the molecule is C=CCCNC(=O)N[C@@H](C(=O)O)c1ccccc1Cl. The van der Waals surface area contributed by atoms with Crippen LogP contribution in [-0.4, -0.2) is 23.7 Å². The lowest BCUT2D eigenvalue weighted by Crippen LogP contribution is -2.41. The molecule has 0 aromatic heterocycles. The Morgan fingerprint density at radius 3 is 2.68 bits per heavy atom. The molecule has 0 heterocycles. The van der Waals surface area contributed by atoms with Crippen molar-refractivity contribution in [3.8, 4) is 0 Å². The monoisotopic (exact) mass is 282 g/mol. The van der Waals surface area contributed by atoms with Crippen LogP contribution in [0.25, 0.3) is 0 Å². The first-order chi connectivity index (χ1) is 9.06. The number of hydrogen-bond donors (Lipinski definition) is 3. The molecule has 0 aliphatic rings. The van der Waals surface area contributed by atoms with Crippen LogP contribution < -0.4 is 10.6 Å². The second-order valence-electron chi connectivity index (χ2n) is 3.77. The molecule has 6 heteroatoms. The maximum Gasteiger partial charge on any atom is 0.331 e. The van der Waals surface area contributed by atoms with Gasteiger partial charge in [-0.2, -0.15) is 0 Å². The van der Waals surface area contributed by atoms with Gasteiger partial charge in [-0.1, -0.05) is 35.9 Å². The first-order valence-electron chi connectivity index (χ1n) is 5.68. The zero-order valence-electron chi connectivity index (χ0n) is 10.2. The van der Waals surface area contributed by atoms with Crippen LogP contribution in [0.5, 0.6) is 0 Å². The van der Waals surface area contributed by atoms with Crippen molar-refractivity contribution in [3.05, 3.63) is 47.5 Å². The number of rotatable bonds is 6. The van der Waals surface area contributed by atoms with Gasteiger partial charge in [-0.3, -0.25) is 0 Å².